The van der Waals surface area contributed by atoms with Gasteiger partial charge in [0.2, 0.25) is 0 Å². The fourth-order valence-electron chi connectivity index (χ4n) is 1.48. The van der Waals surface area contributed by atoms with Gasteiger partial charge in [-0.2, -0.15) is 0 Å². The summed E-state index contributed by atoms with van der Waals surface area (Å²) in [6.45, 7) is 1.29. The molecule has 1 amide bonds. The van der Waals surface area contributed by atoms with Gasteiger partial charge >= 0.3 is 0 Å². The van der Waals surface area contributed by atoms with E-state index >= 15 is 0 Å². The molecule has 1 aromatic rings. The molecule has 1 aromatic heterocycles. The van der Waals surface area contributed by atoms with Crippen LogP contribution in [0.4, 0.5) is 19.7 Å². The van der Waals surface area contributed by atoms with Crippen LogP contribution < -0.4 is 10.6 Å². The molecule has 0 saturated carbocycles. The van der Waals surface area contributed by atoms with Gasteiger partial charge in [-0.25, -0.2) is 13.8 Å². The van der Waals surface area contributed by atoms with Gasteiger partial charge in [0, 0.05) is 20.1 Å². The lowest BCUT2D eigenvalue weighted by Crippen LogP contribution is -2.37. The number of rotatable bonds is 7. The number of hydrogen-bond donors (Lipinski definition) is 2. The number of thiazole rings is 1. The SMILES string of the molecule is CCN(C)c1nc(N)c(C(=O)N(CCO)CC(F)F)s1. The van der Waals surface area contributed by atoms with Crippen molar-refractivity contribution in [2.24, 2.45) is 0 Å². The summed E-state index contributed by atoms with van der Waals surface area (Å²) in [5.74, 6) is -0.613. The van der Waals surface area contributed by atoms with E-state index in [0.29, 0.717) is 11.7 Å². The Hall–Kier alpha value is -1.48. The van der Waals surface area contributed by atoms with Crippen LogP contribution in [0.1, 0.15) is 16.6 Å². The zero-order chi connectivity index (χ0) is 15.3. The monoisotopic (exact) mass is 308 g/mol. The zero-order valence-electron chi connectivity index (χ0n) is 11.3. The second-order valence-corrected chi connectivity index (χ2v) is 5.07. The molecule has 0 aromatic carbocycles. The number of carbonyl (C=O) groups is 1. The van der Waals surface area contributed by atoms with Gasteiger partial charge in [-0.05, 0) is 6.92 Å². The predicted molar refractivity (Wildman–Crippen MR) is 74.5 cm³/mol. The van der Waals surface area contributed by atoms with E-state index in [4.69, 9.17) is 10.8 Å². The molecule has 114 valence electrons. The van der Waals surface area contributed by atoms with Gasteiger partial charge in [0.15, 0.2) is 5.13 Å². The lowest BCUT2D eigenvalue weighted by atomic mass is 10.4. The number of aliphatic hydroxyl groups is 1. The predicted octanol–water partition coefficient (Wildman–Crippen LogP) is 0.881. The fourth-order valence-corrected chi connectivity index (χ4v) is 2.46. The number of hydrogen-bond acceptors (Lipinski definition) is 6. The quantitative estimate of drug-likeness (QED) is 0.781. The van der Waals surface area contributed by atoms with Crippen molar-refractivity contribution in [3.8, 4) is 0 Å². The molecule has 0 atom stereocenters. The van der Waals surface area contributed by atoms with Crippen molar-refractivity contribution < 1.29 is 18.7 Å². The second-order valence-electron chi connectivity index (χ2n) is 4.09. The van der Waals surface area contributed by atoms with Gasteiger partial charge in [-0.15, -0.1) is 0 Å². The first kappa shape index (κ1) is 16.6. The minimum Gasteiger partial charge on any atom is -0.395 e. The molecular formula is C11H18F2N4O2S. The summed E-state index contributed by atoms with van der Waals surface area (Å²) in [5, 5.41) is 9.41. The van der Waals surface area contributed by atoms with Gasteiger partial charge in [0.25, 0.3) is 12.3 Å². The summed E-state index contributed by atoms with van der Waals surface area (Å²) in [6.07, 6.45) is -2.67. The van der Waals surface area contributed by atoms with Crippen molar-refractivity contribution in [3.63, 3.8) is 0 Å². The lowest BCUT2D eigenvalue weighted by molar-refractivity contribution is 0.0514. The minimum absolute atomic E-state index is 0.0208. The Labute approximate surface area is 119 Å². The molecule has 0 radical (unpaired) electrons. The first-order valence-corrected chi connectivity index (χ1v) is 6.88. The molecule has 0 fully saturated rings. The third-order valence-corrected chi connectivity index (χ3v) is 3.83. The van der Waals surface area contributed by atoms with Crippen LogP contribution in [0, 0.1) is 0 Å². The van der Waals surface area contributed by atoms with E-state index in [9.17, 15) is 13.6 Å². The highest BCUT2D eigenvalue weighted by atomic mass is 32.1. The maximum atomic E-state index is 12.4. The molecule has 0 aliphatic rings. The van der Waals surface area contributed by atoms with E-state index in [1.165, 1.54) is 0 Å². The number of alkyl halides is 2. The fraction of sp³-hybridized carbons (Fsp3) is 0.636. The number of halogens is 2. The maximum absolute atomic E-state index is 12.4. The number of aliphatic hydroxyl groups excluding tert-OH is 1. The second kappa shape index (κ2) is 7.34. The summed E-state index contributed by atoms with van der Waals surface area (Å²) in [6, 6.07) is 0. The molecule has 20 heavy (non-hydrogen) atoms. The van der Waals surface area contributed by atoms with Crippen molar-refractivity contribution >= 4 is 28.2 Å². The van der Waals surface area contributed by atoms with Crippen molar-refractivity contribution in [1.82, 2.24) is 9.88 Å². The number of carbonyl (C=O) groups excluding carboxylic acids is 1. The topological polar surface area (TPSA) is 82.7 Å². The Bertz CT molecular complexity index is 456. The highest BCUT2D eigenvalue weighted by Crippen LogP contribution is 2.28. The van der Waals surface area contributed by atoms with Crippen molar-refractivity contribution in [3.05, 3.63) is 4.88 Å². The van der Waals surface area contributed by atoms with Gasteiger partial charge in [-0.1, -0.05) is 11.3 Å². The average Bonchev–Trinajstić information content (AvgIpc) is 2.78. The summed E-state index contributed by atoms with van der Waals surface area (Å²) in [4.78, 5) is 19.0. The molecule has 0 spiro atoms. The Balaban J connectivity index is 2.96. The third-order valence-electron chi connectivity index (χ3n) is 2.65. The number of nitrogens with two attached hydrogens (primary N) is 1. The molecule has 9 heteroatoms. The zero-order valence-corrected chi connectivity index (χ0v) is 12.2. The summed E-state index contributed by atoms with van der Waals surface area (Å²) in [7, 11) is 1.79. The van der Waals surface area contributed by atoms with E-state index in [1.54, 1.807) is 11.9 Å². The molecule has 0 bridgehead atoms. The van der Waals surface area contributed by atoms with Gasteiger partial charge < -0.3 is 20.6 Å². The number of nitrogens with zero attached hydrogens (tertiary/aromatic N) is 3. The standard InChI is InChI=1S/C11H18F2N4O2S/c1-3-16(2)11-15-9(14)8(20-11)10(19)17(4-5-18)6-7(12)13/h7,18H,3-6,14H2,1-2H3. The largest absolute Gasteiger partial charge is 0.395 e. The van der Waals surface area contributed by atoms with Crippen LogP contribution in [0.25, 0.3) is 0 Å². The van der Waals surface area contributed by atoms with Crippen LogP contribution in [-0.2, 0) is 0 Å². The Morgan fingerprint density at radius 1 is 1.55 bits per heavy atom. The highest BCUT2D eigenvalue weighted by Gasteiger charge is 2.24. The lowest BCUT2D eigenvalue weighted by Gasteiger charge is -2.20. The molecule has 0 aliphatic carbocycles. The first-order valence-electron chi connectivity index (χ1n) is 6.06. The molecule has 3 N–H and O–H groups in total. The molecule has 0 unspecified atom stereocenters. The van der Waals surface area contributed by atoms with Crippen LogP contribution >= 0.6 is 11.3 Å². The summed E-state index contributed by atoms with van der Waals surface area (Å²) >= 11 is 1.05. The molecule has 1 rings (SSSR count). The summed E-state index contributed by atoms with van der Waals surface area (Å²) in [5.41, 5.74) is 5.67. The van der Waals surface area contributed by atoms with Crippen molar-refractivity contribution in [2.75, 3.05) is 43.9 Å². The molecule has 6 nitrogen and oxygen atoms in total. The van der Waals surface area contributed by atoms with Crippen LogP contribution in [-0.4, -0.2) is 60.6 Å². The van der Waals surface area contributed by atoms with Crippen LogP contribution in [0.5, 0.6) is 0 Å². The van der Waals surface area contributed by atoms with E-state index in [0.717, 1.165) is 16.2 Å². The van der Waals surface area contributed by atoms with E-state index in [-0.39, 0.29) is 23.8 Å². The molecule has 1 heterocycles. The molecular weight excluding hydrogens is 290 g/mol. The van der Waals surface area contributed by atoms with Crippen molar-refractivity contribution in [1.29, 1.82) is 0 Å². The molecule has 0 aliphatic heterocycles. The number of anilines is 2. The average molecular weight is 308 g/mol. The van der Waals surface area contributed by atoms with Gasteiger partial charge in [0.1, 0.15) is 10.7 Å². The van der Waals surface area contributed by atoms with Crippen molar-refractivity contribution in [2.45, 2.75) is 13.3 Å². The van der Waals surface area contributed by atoms with Crippen LogP contribution in [0.3, 0.4) is 0 Å². The maximum Gasteiger partial charge on any atom is 0.268 e. The van der Waals surface area contributed by atoms with E-state index < -0.39 is 18.9 Å². The Morgan fingerprint density at radius 3 is 2.70 bits per heavy atom. The number of aromatic nitrogens is 1. The Kier molecular flexibility index (Phi) is 6.08. The van der Waals surface area contributed by atoms with Gasteiger partial charge in [-0.3, -0.25) is 4.79 Å². The highest BCUT2D eigenvalue weighted by molar-refractivity contribution is 7.18. The van der Waals surface area contributed by atoms with E-state index in [1.807, 2.05) is 6.92 Å². The minimum atomic E-state index is -2.67. The van der Waals surface area contributed by atoms with Crippen LogP contribution in [0.2, 0.25) is 0 Å². The third kappa shape index (κ3) is 4.01. The number of amides is 1. The normalized spacial score (nSPS) is 10.9. The smallest absolute Gasteiger partial charge is 0.268 e. The van der Waals surface area contributed by atoms with Gasteiger partial charge in [0.05, 0.1) is 13.2 Å². The van der Waals surface area contributed by atoms with Crippen LogP contribution in [0.15, 0.2) is 0 Å². The first-order chi connectivity index (χ1) is 9.40. The summed E-state index contributed by atoms with van der Waals surface area (Å²) < 4.78 is 24.9. The molecule has 0 saturated heterocycles. The number of nitrogen functional groups attached to an aromatic ring is 1. The Morgan fingerprint density at radius 2 is 2.20 bits per heavy atom. The van der Waals surface area contributed by atoms with E-state index in [2.05, 4.69) is 4.98 Å².